The van der Waals surface area contributed by atoms with Crippen LogP contribution in [-0.4, -0.2) is 52.1 Å². The fraction of sp³-hybridized carbons (Fsp3) is 0.531. The molecule has 2 aromatic rings. The van der Waals surface area contributed by atoms with Gasteiger partial charge in [-0.25, -0.2) is 4.79 Å². The molecule has 3 N–H and O–H groups in total. The zero-order chi connectivity index (χ0) is 29.7. The Balaban J connectivity index is 2.56. The van der Waals surface area contributed by atoms with Crippen LogP contribution in [0.15, 0.2) is 54.6 Å². The van der Waals surface area contributed by atoms with Crippen LogP contribution in [0.2, 0.25) is 0 Å². The normalized spacial score (nSPS) is 13.6. The smallest absolute Gasteiger partial charge is 0.408 e. The third kappa shape index (κ3) is 10.5. The molecular formula is C32H47N3O5. The highest BCUT2D eigenvalue weighted by atomic mass is 16.6. The first-order chi connectivity index (χ1) is 19.0. The lowest BCUT2D eigenvalue weighted by Crippen LogP contribution is -2.54. The maximum Gasteiger partial charge on any atom is 0.408 e. The number of nitrogens with one attached hydrogen (secondary N) is 2. The van der Waals surface area contributed by atoms with Crippen molar-refractivity contribution >= 4 is 17.9 Å². The number of aromatic hydroxyl groups is 1. The second kappa shape index (κ2) is 15.9. The van der Waals surface area contributed by atoms with Crippen molar-refractivity contribution in [2.75, 3.05) is 6.54 Å². The number of hydrogen-bond acceptors (Lipinski definition) is 5. The number of carbonyl (C=O) groups is 3. The molecule has 0 aliphatic carbocycles. The van der Waals surface area contributed by atoms with Crippen LogP contribution in [0.25, 0.3) is 0 Å². The molecule has 8 heteroatoms. The van der Waals surface area contributed by atoms with E-state index in [1.165, 1.54) is 11.0 Å². The van der Waals surface area contributed by atoms with Crippen LogP contribution in [0.5, 0.6) is 5.75 Å². The van der Waals surface area contributed by atoms with E-state index < -0.39 is 29.7 Å². The number of nitrogens with zero attached hydrogens (tertiary/aromatic N) is 1. The van der Waals surface area contributed by atoms with E-state index in [0.717, 1.165) is 31.2 Å². The number of benzene rings is 2. The van der Waals surface area contributed by atoms with Gasteiger partial charge < -0.3 is 25.4 Å². The molecule has 0 fully saturated rings. The van der Waals surface area contributed by atoms with Gasteiger partial charge in [0.2, 0.25) is 11.8 Å². The second-order valence-electron chi connectivity index (χ2n) is 11.3. The summed E-state index contributed by atoms with van der Waals surface area (Å²) >= 11 is 0. The number of phenols is 1. The van der Waals surface area contributed by atoms with Crippen LogP contribution >= 0.6 is 0 Å². The molecule has 40 heavy (non-hydrogen) atoms. The maximum absolute atomic E-state index is 14.4. The Kier molecular flexibility index (Phi) is 13.0. The molecule has 0 saturated carbocycles. The number of rotatable bonds is 14. The molecule has 220 valence electrons. The van der Waals surface area contributed by atoms with Gasteiger partial charge in [-0.1, -0.05) is 81.6 Å². The SMILES string of the molecule is CCCCCN(C(=O)C(Cc1ccccc1)NC(=O)OC(C)(C)C)C(C(=O)NC(C)CCC)c1ccccc1O. The van der Waals surface area contributed by atoms with Crippen molar-refractivity contribution in [1.82, 2.24) is 15.5 Å². The highest BCUT2D eigenvalue weighted by Crippen LogP contribution is 2.30. The zero-order valence-electron chi connectivity index (χ0n) is 24.9. The molecule has 2 aromatic carbocycles. The van der Waals surface area contributed by atoms with Gasteiger partial charge in [-0.05, 0) is 52.2 Å². The summed E-state index contributed by atoms with van der Waals surface area (Å²) in [4.78, 5) is 42.6. The van der Waals surface area contributed by atoms with Crippen molar-refractivity contribution in [3.05, 3.63) is 65.7 Å². The maximum atomic E-state index is 14.4. The zero-order valence-corrected chi connectivity index (χ0v) is 24.9. The lowest BCUT2D eigenvalue weighted by molar-refractivity contribution is -0.143. The quantitative estimate of drug-likeness (QED) is 0.253. The Morgan fingerprint density at radius 1 is 0.925 bits per heavy atom. The Bertz CT molecular complexity index is 1080. The number of phenolic OH excluding ortho intramolecular Hbond substituents is 1. The minimum Gasteiger partial charge on any atom is -0.508 e. The van der Waals surface area contributed by atoms with Gasteiger partial charge in [0.05, 0.1) is 0 Å². The van der Waals surface area contributed by atoms with Crippen molar-refractivity contribution in [2.24, 2.45) is 0 Å². The van der Waals surface area contributed by atoms with E-state index in [2.05, 4.69) is 17.6 Å². The van der Waals surface area contributed by atoms with Gasteiger partial charge in [-0.3, -0.25) is 9.59 Å². The van der Waals surface area contributed by atoms with Crippen molar-refractivity contribution in [2.45, 2.75) is 104 Å². The average molecular weight is 554 g/mol. The fourth-order valence-corrected chi connectivity index (χ4v) is 4.59. The highest BCUT2D eigenvalue weighted by molar-refractivity contribution is 5.92. The van der Waals surface area contributed by atoms with E-state index in [1.807, 2.05) is 44.2 Å². The topological polar surface area (TPSA) is 108 Å². The van der Waals surface area contributed by atoms with Gasteiger partial charge in [-0.2, -0.15) is 0 Å². The molecule has 0 heterocycles. The van der Waals surface area contributed by atoms with E-state index in [1.54, 1.807) is 39.0 Å². The second-order valence-corrected chi connectivity index (χ2v) is 11.3. The molecule has 3 unspecified atom stereocenters. The van der Waals surface area contributed by atoms with Crippen molar-refractivity contribution in [3.63, 3.8) is 0 Å². The van der Waals surface area contributed by atoms with E-state index in [9.17, 15) is 19.5 Å². The molecule has 3 amide bonds. The van der Waals surface area contributed by atoms with E-state index in [4.69, 9.17) is 4.74 Å². The summed E-state index contributed by atoms with van der Waals surface area (Å²) < 4.78 is 5.49. The molecule has 0 saturated heterocycles. The molecule has 0 aliphatic heterocycles. The van der Waals surface area contributed by atoms with E-state index >= 15 is 0 Å². The molecule has 8 nitrogen and oxygen atoms in total. The molecular weight excluding hydrogens is 506 g/mol. The predicted octanol–water partition coefficient (Wildman–Crippen LogP) is 5.89. The summed E-state index contributed by atoms with van der Waals surface area (Å²) in [6, 6.07) is 13.8. The summed E-state index contributed by atoms with van der Waals surface area (Å²) in [6.45, 7) is 11.6. The standard InChI is InChI=1S/C32H47N3O5/c1-7-9-15-21-35(28(25-19-13-14-20-27(25)36)29(37)33-23(3)16-8-2)30(38)26(22-24-17-11-10-12-18-24)34-31(39)40-32(4,5)6/h10-14,17-20,23,26,28,36H,7-9,15-16,21-22H2,1-6H3,(H,33,37)(H,34,39). The molecule has 0 radical (unpaired) electrons. The lowest BCUT2D eigenvalue weighted by Gasteiger charge is -2.35. The van der Waals surface area contributed by atoms with Gasteiger partial charge in [0.1, 0.15) is 23.4 Å². The van der Waals surface area contributed by atoms with E-state index in [-0.39, 0.29) is 30.7 Å². The Hall–Kier alpha value is -3.55. The Morgan fingerprint density at radius 3 is 2.17 bits per heavy atom. The number of unbranched alkanes of at least 4 members (excludes halogenated alkanes) is 2. The third-order valence-electron chi connectivity index (χ3n) is 6.46. The third-order valence-corrected chi connectivity index (χ3v) is 6.46. The molecule has 0 bridgehead atoms. The number of ether oxygens (including phenoxy) is 1. The number of para-hydroxylation sites is 1. The molecule has 3 atom stereocenters. The van der Waals surface area contributed by atoms with Gasteiger partial charge in [0.25, 0.3) is 0 Å². The number of amides is 3. The summed E-state index contributed by atoms with van der Waals surface area (Å²) in [5, 5.41) is 16.6. The van der Waals surface area contributed by atoms with E-state index in [0.29, 0.717) is 12.0 Å². The largest absolute Gasteiger partial charge is 0.508 e. The summed E-state index contributed by atoms with van der Waals surface area (Å²) in [5.41, 5.74) is 0.439. The van der Waals surface area contributed by atoms with Gasteiger partial charge in [0, 0.05) is 24.6 Å². The minimum atomic E-state index is -1.08. The molecule has 0 spiro atoms. The van der Waals surface area contributed by atoms with Gasteiger partial charge in [-0.15, -0.1) is 0 Å². The van der Waals surface area contributed by atoms with Crippen LogP contribution in [0.4, 0.5) is 4.79 Å². The monoisotopic (exact) mass is 553 g/mol. The molecule has 0 aromatic heterocycles. The number of alkyl carbamates (subject to hydrolysis) is 1. The Morgan fingerprint density at radius 2 is 1.57 bits per heavy atom. The average Bonchev–Trinajstić information content (AvgIpc) is 2.88. The first-order valence-electron chi connectivity index (χ1n) is 14.4. The van der Waals surface area contributed by atoms with Crippen LogP contribution < -0.4 is 10.6 Å². The highest BCUT2D eigenvalue weighted by Gasteiger charge is 2.37. The summed E-state index contributed by atoms with van der Waals surface area (Å²) in [5.74, 6) is -0.862. The van der Waals surface area contributed by atoms with Crippen molar-refractivity contribution in [3.8, 4) is 5.75 Å². The first-order valence-corrected chi connectivity index (χ1v) is 14.4. The number of carbonyl (C=O) groups excluding carboxylic acids is 3. The lowest BCUT2D eigenvalue weighted by atomic mass is 9.98. The van der Waals surface area contributed by atoms with Crippen LogP contribution in [-0.2, 0) is 20.7 Å². The first kappa shape index (κ1) is 32.7. The van der Waals surface area contributed by atoms with Crippen molar-refractivity contribution in [1.29, 1.82) is 0 Å². The van der Waals surface area contributed by atoms with Gasteiger partial charge in [0.15, 0.2) is 0 Å². The number of hydrogen-bond donors (Lipinski definition) is 3. The predicted molar refractivity (Wildman–Crippen MR) is 158 cm³/mol. The van der Waals surface area contributed by atoms with Crippen LogP contribution in [0.1, 0.15) is 90.8 Å². The minimum absolute atomic E-state index is 0.0706. The van der Waals surface area contributed by atoms with Crippen LogP contribution in [0.3, 0.4) is 0 Å². The fourth-order valence-electron chi connectivity index (χ4n) is 4.59. The van der Waals surface area contributed by atoms with Crippen molar-refractivity contribution < 1.29 is 24.2 Å². The van der Waals surface area contributed by atoms with Gasteiger partial charge >= 0.3 is 6.09 Å². The Labute approximate surface area is 239 Å². The summed E-state index contributed by atoms with van der Waals surface area (Å²) in [7, 11) is 0. The molecule has 2 rings (SSSR count). The summed E-state index contributed by atoms with van der Waals surface area (Å²) in [6.07, 6.45) is 3.61. The van der Waals surface area contributed by atoms with Crippen LogP contribution in [0, 0.1) is 0 Å². The molecule has 0 aliphatic rings.